The van der Waals surface area contributed by atoms with Crippen LogP contribution in [0, 0.1) is 23.0 Å². The van der Waals surface area contributed by atoms with Crippen LogP contribution in [-0.2, 0) is 11.3 Å². The van der Waals surface area contributed by atoms with Gasteiger partial charge in [-0.2, -0.15) is 0 Å². The fourth-order valence-corrected chi connectivity index (χ4v) is 4.86. The lowest BCUT2D eigenvalue weighted by molar-refractivity contribution is -0.384. The Balaban J connectivity index is 1.31. The molecule has 0 N–H and O–H groups in total. The summed E-state index contributed by atoms with van der Waals surface area (Å²) >= 11 is 0. The molecule has 0 bridgehead atoms. The van der Waals surface area contributed by atoms with E-state index in [0.717, 1.165) is 52.9 Å². The Labute approximate surface area is 209 Å². The molecule has 0 aliphatic carbocycles. The number of piperidine rings is 1. The number of benzene rings is 2. The van der Waals surface area contributed by atoms with Gasteiger partial charge in [-0.1, -0.05) is 30.3 Å². The molecule has 1 aliphatic rings. The molecule has 1 amide bonds. The van der Waals surface area contributed by atoms with Crippen molar-refractivity contribution < 1.29 is 9.72 Å². The summed E-state index contributed by atoms with van der Waals surface area (Å²) < 4.78 is 2.25. The van der Waals surface area contributed by atoms with E-state index in [1.807, 2.05) is 48.2 Å². The fourth-order valence-electron chi connectivity index (χ4n) is 4.86. The molecule has 0 radical (unpaired) electrons. The van der Waals surface area contributed by atoms with E-state index in [-0.39, 0.29) is 11.6 Å². The van der Waals surface area contributed by atoms with Crippen LogP contribution >= 0.6 is 0 Å². The molecule has 2 aromatic carbocycles. The van der Waals surface area contributed by atoms with Crippen molar-refractivity contribution in [2.45, 2.75) is 26.3 Å². The molecule has 2 aromatic heterocycles. The molecule has 8 heteroatoms. The summed E-state index contributed by atoms with van der Waals surface area (Å²) in [5, 5.41) is 11.1. The summed E-state index contributed by atoms with van der Waals surface area (Å²) in [4.78, 5) is 34.6. The second-order valence-corrected chi connectivity index (χ2v) is 9.13. The average Bonchev–Trinajstić information content (AvgIpc) is 3.23. The highest BCUT2D eigenvalue weighted by atomic mass is 16.6. The molecule has 4 aromatic rings. The first kappa shape index (κ1) is 23.4. The maximum Gasteiger partial charge on any atom is 0.269 e. The standard InChI is InChI=1S/C28H27N5O3/c1-20-30-26-18-29-14-11-27(26)32(20)19-21-12-15-31(16-13-21)28(34)17-25(22-5-3-2-4-6-22)23-7-9-24(10-8-23)33(35)36/h2-11,14,17-18,21H,12-13,15-16,19H2,1H3/b25-17+. The topological polar surface area (TPSA) is 94.2 Å². The van der Waals surface area contributed by atoms with Crippen molar-refractivity contribution in [3.05, 3.63) is 106 Å². The van der Waals surface area contributed by atoms with Crippen molar-refractivity contribution in [1.82, 2.24) is 19.4 Å². The largest absolute Gasteiger partial charge is 0.339 e. The molecule has 0 atom stereocenters. The van der Waals surface area contributed by atoms with Crippen molar-refractivity contribution in [3.63, 3.8) is 0 Å². The predicted molar refractivity (Wildman–Crippen MR) is 138 cm³/mol. The number of likely N-dealkylation sites (tertiary alicyclic amines) is 1. The zero-order chi connectivity index (χ0) is 25.1. The third kappa shape index (κ3) is 4.88. The Morgan fingerprint density at radius 1 is 1.06 bits per heavy atom. The molecule has 36 heavy (non-hydrogen) atoms. The van der Waals surface area contributed by atoms with E-state index in [1.54, 1.807) is 30.6 Å². The summed E-state index contributed by atoms with van der Waals surface area (Å²) in [6.07, 6.45) is 7.09. The van der Waals surface area contributed by atoms with Crippen LogP contribution in [0.25, 0.3) is 16.6 Å². The lowest BCUT2D eigenvalue weighted by Crippen LogP contribution is -2.38. The molecule has 8 nitrogen and oxygen atoms in total. The lowest BCUT2D eigenvalue weighted by atomic mass is 9.95. The number of pyridine rings is 1. The number of imidazole rings is 1. The molecule has 1 aliphatic heterocycles. The van der Waals surface area contributed by atoms with E-state index in [9.17, 15) is 14.9 Å². The van der Waals surface area contributed by atoms with Crippen LogP contribution in [0.15, 0.2) is 79.1 Å². The third-order valence-corrected chi connectivity index (χ3v) is 6.85. The fraction of sp³-hybridized carbons (Fsp3) is 0.250. The Hall–Kier alpha value is -4.33. The van der Waals surface area contributed by atoms with E-state index < -0.39 is 4.92 Å². The van der Waals surface area contributed by atoms with Gasteiger partial charge in [-0.15, -0.1) is 0 Å². The summed E-state index contributed by atoms with van der Waals surface area (Å²) in [5.74, 6) is 1.40. The van der Waals surface area contributed by atoms with Crippen LogP contribution in [0.3, 0.4) is 0 Å². The molecule has 0 spiro atoms. The molecule has 3 heterocycles. The van der Waals surface area contributed by atoms with Crippen molar-refractivity contribution in [3.8, 4) is 0 Å². The zero-order valence-electron chi connectivity index (χ0n) is 20.1. The molecule has 0 unspecified atom stereocenters. The van der Waals surface area contributed by atoms with Crippen molar-refractivity contribution in [1.29, 1.82) is 0 Å². The molecule has 1 saturated heterocycles. The van der Waals surface area contributed by atoms with Crippen molar-refractivity contribution in [2.75, 3.05) is 13.1 Å². The Bertz CT molecular complexity index is 1420. The van der Waals surface area contributed by atoms with E-state index in [2.05, 4.69) is 14.5 Å². The van der Waals surface area contributed by atoms with Crippen LogP contribution < -0.4 is 0 Å². The van der Waals surface area contributed by atoms with E-state index >= 15 is 0 Å². The smallest absolute Gasteiger partial charge is 0.269 e. The number of amides is 1. The maximum atomic E-state index is 13.3. The van der Waals surface area contributed by atoms with Crippen LogP contribution in [0.4, 0.5) is 5.69 Å². The van der Waals surface area contributed by atoms with Crippen LogP contribution in [0.5, 0.6) is 0 Å². The summed E-state index contributed by atoms with van der Waals surface area (Å²) in [7, 11) is 0. The number of nitro benzene ring substituents is 1. The van der Waals surface area contributed by atoms with Gasteiger partial charge >= 0.3 is 0 Å². The molecular formula is C28H27N5O3. The predicted octanol–water partition coefficient (Wildman–Crippen LogP) is 5.02. The quantitative estimate of drug-likeness (QED) is 0.219. The highest BCUT2D eigenvalue weighted by molar-refractivity contribution is 5.99. The first-order valence-corrected chi connectivity index (χ1v) is 12.1. The number of rotatable bonds is 6. The normalized spacial score (nSPS) is 14.8. The minimum absolute atomic E-state index is 0.0248. The second kappa shape index (κ2) is 10.1. The van der Waals surface area contributed by atoms with Crippen molar-refractivity contribution in [2.24, 2.45) is 5.92 Å². The van der Waals surface area contributed by atoms with Gasteiger partial charge in [-0.25, -0.2) is 4.98 Å². The van der Waals surface area contributed by atoms with Gasteiger partial charge in [0.05, 0.1) is 16.6 Å². The first-order valence-electron chi connectivity index (χ1n) is 12.1. The van der Waals surface area contributed by atoms with Gasteiger partial charge < -0.3 is 9.47 Å². The second-order valence-electron chi connectivity index (χ2n) is 9.13. The lowest BCUT2D eigenvalue weighted by Gasteiger charge is -2.32. The number of carbonyl (C=O) groups is 1. The minimum Gasteiger partial charge on any atom is -0.339 e. The number of aromatic nitrogens is 3. The van der Waals surface area contributed by atoms with Gasteiger partial charge in [0.2, 0.25) is 5.91 Å². The average molecular weight is 482 g/mol. The summed E-state index contributed by atoms with van der Waals surface area (Å²) in [6.45, 7) is 4.28. The highest BCUT2D eigenvalue weighted by Crippen LogP contribution is 2.27. The Morgan fingerprint density at radius 3 is 2.44 bits per heavy atom. The van der Waals surface area contributed by atoms with Gasteiger partial charge in [-0.3, -0.25) is 19.9 Å². The van der Waals surface area contributed by atoms with Crippen LogP contribution in [0.1, 0.15) is 29.8 Å². The number of hydrogen-bond donors (Lipinski definition) is 0. The highest BCUT2D eigenvalue weighted by Gasteiger charge is 2.24. The van der Waals surface area contributed by atoms with Gasteiger partial charge in [-0.05, 0) is 60.6 Å². The number of carbonyl (C=O) groups excluding carboxylic acids is 1. The van der Waals surface area contributed by atoms with Crippen LogP contribution in [-0.4, -0.2) is 43.4 Å². The van der Waals surface area contributed by atoms with E-state index in [1.165, 1.54) is 12.1 Å². The number of nitro groups is 1. The van der Waals surface area contributed by atoms with Crippen LogP contribution in [0.2, 0.25) is 0 Å². The molecule has 182 valence electrons. The number of aryl methyl sites for hydroxylation is 1. The van der Waals surface area contributed by atoms with E-state index in [4.69, 9.17) is 0 Å². The first-order chi connectivity index (χ1) is 17.5. The summed E-state index contributed by atoms with van der Waals surface area (Å²) in [5.41, 5.74) is 4.45. The van der Waals surface area contributed by atoms with Gasteiger partial charge in [0.1, 0.15) is 11.3 Å². The van der Waals surface area contributed by atoms with Gasteiger partial charge in [0.25, 0.3) is 5.69 Å². The van der Waals surface area contributed by atoms with Gasteiger partial charge in [0, 0.05) is 44.0 Å². The zero-order valence-corrected chi connectivity index (χ0v) is 20.1. The Morgan fingerprint density at radius 2 is 1.75 bits per heavy atom. The minimum atomic E-state index is -0.421. The third-order valence-electron chi connectivity index (χ3n) is 6.85. The van der Waals surface area contributed by atoms with E-state index in [0.29, 0.717) is 19.0 Å². The number of nitrogens with zero attached hydrogens (tertiary/aromatic N) is 5. The van der Waals surface area contributed by atoms with Crippen molar-refractivity contribution >= 4 is 28.2 Å². The SMILES string of the molecule is Cc1nc2cnccc2n1CC1CCN(C(=O)/C=C(\c2ccccc2)c2ccc([N+](=O)[O-])cc2)CC1. The van der Waals surface area contributed by atoms with Gasteiger partial charge in [0.15, 0.2) is 0 Å². The number of non-ortho nitro benzene ring substituents is 1. The monoisotopic (exact) mass is 481 g/mol. The molecule has 0 saturated carbocycles. The number of hydrogen-bond acceptors (Lipinski definition) is 5. The Kier molecular flexibility index (Phi) is 6.58. The summed E-state index contributed by atoms with van der Waals surface area (Å²) in [6, 6.07) is 18.0. The number of fused-ring (bicyclic) bond motifs is 1. The molecule has 5 rings (SSSR count). The molecule has 1 fully saturated rings. The molecular weight excluding hydrogens is 454 g/mol. The maximum absolute atomic E-state index is 13.3.